The molecule has 2 heterocycles. The van der Waals surface area contributed by atoms with Crippen molar-refractivity contribution >= 4 is 39.1 Å². The monoisotopic (exact) mass is 421 g/mol. The van der Waals surface area contributed by atoms with Crippen LogP contribution in [-0.2, 0) is 12.7 Å². The molecule has 4 rings (SSSR count). The summed E-state index contributed by atoms with van der Waals surface area (Å²) in [5, 5.41) is 11.7. The van der Waals surface area contributed by atoms with Gasteiger partial charge >= 0.3 is 6.18 Å². The molecule has 142 valence electrons. The number of anilines is 1. The van der Waals surface area contributed by atoms with E-state index < -0.39 is 11.7 Å². The van der Waals surface area contributed by atoms with Gasteiger partial charge in [0.2, 0.25) is 5.95 Å². The number of benzene rings is 2. The van der Waals surface area contributed by atoms with E-state index in [9.17, 15) is 13.2 Å². The van der Waals surface area contributed by atoms with E-state index in [-0.39, 0.29) is 22.2 Å². The zero-order chi connectivity index (χ0) is 19.7. The minimum Gasteiger partial charge on any atom is -0.346 e. The van der Waals surface area contributed by atoms with Crippen LogP contribution in [-0.4, -0.2) is 20.2 Å². The van der Waals surface area contributed by atoms with Gasteiger partial charge in [0.15, 0.2) is 0 Å². The molecule has 0 spiro atoms. The first kappa shape index (κ1) is 18.6. The van der Waals surface area contributed by atoms with Crippen LogP contribution < -0.4 is 5.32 Å². The number of hydrogen-bond donors (Lipinski definition) is 1. The van der Waals surface area contributed by atoms with Crippen molar-refractivity contribution in [1.29, 1.82) is 0 Å². The molecule has 0 saturated carbocycles. The van der Waals surface area contributed by atoms with E-state index in [2.05, 4.69) is 25.5 Å². The molecule has 28 heavy (non-hydrogen) atoms. The van der Waals surface area contributed by atoms with Crippen LogP contribution in [0.1, 0.15) is 10.6 Å². The fourth-order valence-electron chi connectivity index (χ4n) is 2.56. The number of aromatic nitrogens is 4. The van der Waals surface area contributed by atoms with Gasteiger partial charge in [-0.2, -0.15) is 18.3 Å². The summed E-state index contributed by atoms with van der Waals surface area (Å²) in [7, 11) is 0. The fourth-order valence-corrected chi connectivity index (χ4v) is 3.68. The number of hydrogen-bond acceptors (Lipinski definition) is 6. The molecule has 0 aliphatic rings. The van der Waals surface area contributed by atoms with Gasteiger partial charge in [0.25, 0.3) is 0 Å². The molecule has 0 aliphatic carbocycles. The van der Waals surface area contributed by atoms with Crippen molar-refractivity contribution in [2.24, 2.45) is 0 Å². The first-order valence-corrected chi connectivity index (χ1v) is 9.25. The molecule has 0 fully saturated rings. The third kappa shape index (κ3) is 3.90. The van der Waals surface area contributed by atoms with E-state index in [1.807, 2.05) is 24.3 Å². The highest BCUT2D eigenvalue weighted by Gasteiger charge is 2.31. The number of para-hydroxylation sites is 1. The maximum absolute atomic E-state index is 13.0. The van der Waals surface area contributed by atoms with Crippen molar-refractivity contribution in [3.05, 3.63) is 64.3 Å². The summed E-state index contributed by atoms with van der Waals surface area (Å²) < 4.78 is 40.0. The highest BCUT2D eigenvalue weighted by atomic mass is 35.5. The van der Waals surface area contributed by atoms with Crippen molar-refractivity contribution < 1.29 is 13.2 Å². The molecule has 0 atom stereocenters. The lowest BCUT2D eigenvalue weighted by Crippen LogP contribution is -2.07. The van der Waals surface area contributed by atoms with Gasteiger partial charge in [-0.05, 0) is 30.3 Å². The normalized spacial score (nSPS) is 11.7. The molecule has 0 unspecified atom stereocenters. The number of nitrogens with zero attached hydrogens (tertiary/aromatic N) is 4. The van der Waals surface area contributed by atoms with Gasteiger partial charge in [0, 0.05) is 5.56 Å². The van der Waals surface area contributed by atoms with Gasteiger partial charge in [-0.25, -0.2) is 9.97 Å². The van der Waals surface area contributed by atoms with Crippen molar-refractivity contribution in [2.75, 3.05) is 5.32 Å². The van der Waals surface area contributed by atoms with Gasteiger partial charge in [-0.15, -0.1) is 16.4 Å². The summed E-state index contributed by atoms with van der Waals surface area (Å²) in [4.78, 5) is 8.73. The van der Waals surface area contributed by atoms with E-state index in [4.69, 9.17) is 11.6 Å². The summed E-state index contributed by atoms with van der Waals surface area (Å²) in [5.41, 5.74) is 0.412. The molecule has 4 aromatic rings. The Balaban J connectivity index is 1.58. The number of fused-ring (bicyclic) bond motifs is 1. The minimum absolute atomic E-state index is 0.134. The van der Waals surface area contributed by atoms with Crippen LogP contribution >= 0.6 is 22.9 Å². The van der Waals surface area contributed by atoms with Crippen LogP contribution in [0, 0.1) is 0 Å². The predicted octanol–water partition coefficient (Wildman–Crippen LogP) is 5.43. The van der Waals surface area contributed by atoms with E-state index in [0.29, 0.717) is 6.54 Å². The number of halogens is 4. The Bertz CT molecular complexity index is 1110. The van der Waals surface area contributed by atoms with Gasteiger partial charge in [-0.1, -0.05) is 23.7 Å². The SMILES string of the molecule is FC(F)(F)c1ccc(Cl)c(-c2cnnc(NCc3nc4ccccc4s3)n2)c1. The number of alkyl halides is 3. The van der Waals surface area contributed by atoms with Crippen LogP contribution in [0.4, 0.5) is 19.1 Å². The second-order valence-electron chi connectivity index (χ2n) is 5.79. The minimum atomic E-state index is -4.48. The Morgan fingerprint density at radius 1 is 1.07 bits per heavy atom. The van der Waals surface area contributed by atoms with Crippen molar-refractivity contribution in [2.45, 2.75) is 12.7 Å². The standard InChI is InChI=1S/C18H11ClF3N5S/c19-12-6-5-10(18(20,21)22)7-11(12)14-8-24-27-17(26-14)23-9-16-25-13-3-1-2-4-15(13)28-16/h1-8H,9H2,(H,23,26,27). The van der Waals surface area contributed by atoms with E-state index >= 15 is 0 Å². The van der Waals surface area contributed by atoms with E-state index in [0.717, 1.165) is 27.4 Å². The summed E-state index contributed by atoms with van der Waals surface area (Å²) >= 11 is 7.60. The second kappa shape index (κ2) is 7.33. The zero-order valence-corrected chi connectivity index (χ0v) is 15.6. The average Bonchev–Trinajstić information content (AvgIpc) is 3.09. The van der Waals surface area contributed by atoms with Gasteiger partial charge < -0.3 is 5.32 Å². The van der Waals surface area contributed by atoms with Crippen LogP contribution in [0.3, 0.4) is 0 Å². The van der Waals surface area contributed by atoms with Gasteiger partial charge in [-0.3, -0.25) is 0 Å². The Kier molecular flexibility index (Phi) is 4.86. The maximum Gasteiger partial charge on any atom is 0.416 e. The molecule has 5 nitrogen and oxygen atoms in total. The molecule has 1 N–H and O–H groups in total. The van der Waals surface area contributed by atoms with Crippen LogP contribution in [0.15, 0.2) is 48.7 Å². The summed E-state index contributed by atoms with van der Waals surface area (Å²) in [5.74, 6) is 0.172. The lowest BCUT2D eigenvalue weighted by atomic mass is 10.1. The molecular weight excluding hydrogens is 411 g/mol. The van der Waals surface area contributed by atoms with Gasteiger partial charge in [0.1, 0.15) is 5.01 Å². The highest BCUT2D eigenvalue weighted by molar-refractivity contribution is 7.18. The third-order valence-electron chi connectivity index (χ3n) is 3.86. The third-order valence-corrected chi connectivity index (χ3v) is 5.23. The van der Waals surface area contributed by atoms with Crippen molar-refractivity contribution in [1.82, 2.24) is 20.2 Å². The van der Waals surface area contributed by atoms with Crippen LogP contribution in [0.2, 0.25) is 5.02 Å². The Labute approximate surface area is 166 Å². The molecule has 0 radical (unpaired) electrons. The number of nitrogens with one attached hydrogen (secondary N) is 1. The summed E-state index contributed by atoms with van der Waals surface area (Å²) in [6.45, 7) is 0.362. The topological polar surface area (TPSA) is 63.6 Å². The highest BCUT2D eigenvalue weighted by Crippen LogP contribution is 2.35. The second-order valence-corrected chi connectivity index (χ2v) is 7.31. The largest absolute Gasteiger partial charge is 0.416 e. The molecule has 0 aliphatic heterocycles. The molecule has 2 aromatic heterocycles. The Morgan fingerprint density at radius 3 is 2.68 bits per heavy atom. The smallest absolute Gasteiger partial charge is 0.346 e. The molecule has 2 aromatic carbocycles. The lowest BCUT2D eigenvalue weighted by molar-refractivity contribution is -0.137. The average molecular weight is 422 g/mol. The lowest BCUT2D eigenvalue weighted by Gasteiger charge is -2.10. The van der Waals surface area contributed by atoms with Crippen LogP contribution in [0.5, 0.6) is 0 Å². The van der Waals surface area contributed by atoms with Crippen molar-refractivity contribution in [3.8, 4) is 11.3 Å². The number of rotatable bonds is 4. The molecular formula is C18H11ClF3N5S. The van der Waals surface area contributed by atoms with E-state index in [1.165, 1.54) is 23.6 Å². The zero-order valence-electron chi connectivity index (χ0n) is 14.0. The first-order chi connectivity index (χ1) is 13.4. The summed E-state index contributed by atoms with van der Waals surface area (Å²) in [6, 6.07) is 10.8. The number of thiazole rings is 1. The fraction of sp³-hybridized carbons (Fsp3) is 0.111. The summed E-state index contributed by atoms with van der Waals surface area (Å²) in [6.07, 6.45) is -3.21. The molecule has 0 bridgehead atoms. The van der Waals surface area contributed by atoms with Crippen LogP contribution in [0.25, 0.3) is 21.5 Å². The molecule has 0 saturated heterocycles. The quantitative estimate of drug-likeness (QED) is 0.476. The van der Waals surface area contributed by atoms with Gasteiger partial charge in [0.05, 0.1) is 39.2 Å². The van der Waals surface area contributed by atoms with E-state index in [1.54, 1.807) is 0 Å². The predicted molar refractivity (Wildman–Crippen MR) is 102 cm³/mol. The molecule has 10 heteroatoms. The molecule has 0 amide bonds. The first-order valence-electron chi connectivity index (χ1n) is 8.05. The maximum atomic E-state index is 13.0. The Hall–Kier alpha value is -2.78. The Morgan fingerprint density at radius 2 is 1.89 bits per heavy atom. The van der Waals surface area contributed by atoms with Crippen molar-refractivity contribution in [3.63, 3.8) is 0 Å².